The van der Waals surface area contributed by atoms with Crippen LogP contribution in [0.1, 0.15) is 0 Å². The second-order valence-corrected chi connectivity index (χ2v) is 6.17. The first-order valence-corrected chi connectivity index (χ1v) is 7.99. The van der Waals surface area contributed by atoms with Crippen LogP contribution in [0, 0.1) is 0 Å². The highest BCUT2D eigenvalue weighted by Gasteiger charge is 2.07. The lowest BCUT2D eigenvalue weighted by molar-refractivity contribution is 1.17. The van der Waals surface area contributed by atoms with Crippen LogP contribution in [0.15, 0.2) is 59.1 Å². The number of benzene rings is 2. The third-order valence-corrected chi connectivity index (χ3v) is 4.34. The molecular weight excluding hydrogens is 385 g/mol. The summed E-state index contributed by atoms with van der Waals surface area (Å²) >= 11 is 15.6. The normalized spacial score (nSPS) is 10.5. The summed E-state index contributed by atoms with van der Waals surface area (Å²) < 4.78 is 0.838. The van der Waals surface area contributed by atoms with E-state index in [2.05, 4.69) is 31.2 Å². The Hall–Kier alpha value is -1.62. The van der Waals surface area contributed by atoms with E-state index < -0.39 is 0 Å². The van der Waals surface area contributed by atoms with Gasteiger partial charge in [0.2, 0.25) is 0 Å². The summed E-state index contributed by atoms with van der Waals surface area (Å²) in [7, 11) is 0. The SMILES string of the molecule is Clc1cc(Nc2ccc(Br)c(Cl)c2)nc(-c2ccccc2)n1. The molecule has 0 aliphatic rings. The molecule has 1 heterocycles. The molecule has 0 saturated heterocycles. The zero-order chi connectivity index (χ0) is 15.5. The van der Waals surface area contributed by atoms with E-state index in [1.807, 2.05) is 48.5 Å². The van der Waals surface area contributed by atoms with Crippen LogP contribution in [0.4, 0.5) is 11.5 Å². The van der Waals surface area contributed by atoms with Gasteiger partial charge in [-0.15, -0.1) is 0 Å². The maximum Gasteiger partial charge on any atom is 0.163 e. The molecule has 0 amide bonds. The van der Waals surface area contributed by atoms with Crippen molar-refractivity contribution in [2.24, 2.45) is 0 Å². The molecule has 3 rings (SSSR count). The number of nitrogens with one attached hydrogen (secondary N) is 1. The Morgan fingerprint density at radius 2 is 1.68 bits per heavy atom. The third kappa shape index (κ3) is 3.58. The molecule has 3 aromatic rings. The summed E-state index contributed by atoms with van der Waals surface area (Å²) in [4.78, 5) is 8.75. The van der Waals surface area contributed by atoms with Crippen LogP contribution in [-0.4, -0.2) is 9.97 Å². The predicted molar refractivity (Wildman–Crippen MR) is 94.9 cm³/mol. The minimum Gasteiger partial charge on any atom is -0.340 e. The Morgan fingerprint density at radius 1 is 0.909 bits per heavy atom. The first-order valence-electron chi connectivity index (χ1n) is 6.44. The zero-order valence-electron chi connectivity index (χ0n) is 11.2. The molecule has 2 aromatic carbocycles. The van der Waals surface area contributed by atoms with Crippen molar-refractivity contribution in [3.05, 3.63) is 69.2 Å². The lowest BCUT2D eigenvalue weighted by Gasteiger charge is -2.09. The Kier molecular flexibility index (Phi) is 4.62. The lowest BCUT2D eigenvalue weighted by atomic mass is 10.2. The van der Waals surface area contributed by atoms with Crippen molar-refractivity contribution in [1.29, 1.82) is 0 Å². The molecule has 0 atom stereocenters. The van der Waals surface area contributed by atoms with E-state index in [0.29, 0.717) is 21.8 Å². The Balaban J connectivity index is 1.94. The molecule has 0 bridgehead atoms. The van der Waals surface area contributed by atoms with Gasteiger partial charge in [0.05, 0.1) is 5.02 Å². The number of rotatable bonds is 3. The Labute approximate surface area is 146 Å². The zero-order valence-corrected chi connectivity index (χ0v) is 14.3. The summed E-state index contributed by atoms with van der Waals surface area (Å²) in [6, 6.07) is 16.9. The van der Waals surface area contributed by atoms with Crippen molar-refractivity contribution >= 4 is 50.6 Å². The van der Waals surface area contributed by atoms with Crippen molar-refractivity contribution in [2.45, 2.75) is 0 Å². The second-order valence-electron chi connectivity index (χ2n) is 4.52. The van der Waals surface area contributed by atoms with Crippen LogP contribution in [-0.2, 0) is 0 Å². The standard InChI is InChI=1S/C16H10BrCl2N3/c17-12-7-6-11(8-13(12)18)20-15-9-14(19)21-16(22-15)10-4-2-1-3-5-10/h1-9H,(H,20,21,22). The number of anilines is 2. The molecule has 0 saturated carbocycles. The molecule has 0 fully saturated rings. The van der Waals surface area contributed by atoms with Crippen LogP contribution in [0.5, 0.6) is 0 Å². The van der Waals surface area contributed by atoms with Crippen LogP contribution < -0.4 is 5.32 Å². The van der Waals surface area contributed by atoms with E-state index in [9.17, 15) is 0 Å². The highest BCUT2D eigenvalue weighted by molar-refractivity contribution is 9.10. The van der Waals surface area contributed by atoms with Gasteiger partial charge in [0.25, 0.3) is 0 Å². The van der Waals surface area contributed by atoms with Gasteiger partial charge in [0.15, 0.2) is 5.82 Å². The number of halogens is 3. The number of hydrogen-bond acceptors (Lipinski definition) is 3. The van der Waals surface area contributed by atoms with Crippen molar-refractivity contribution < 1.29 is 0 Å². The molecule has 0 radical (unpaired) electrons. The fourth-order valence-electron chi connectivity index (χ4n) is 1.92. The lowest BCUT2D eigenvalue weighted by Crippen LogP contribution is -1.97. The maximum atomic E-state index is 6.10. The monoisotopic (exact) mass is 393 g/mol. The van der Waals surface area contributed by atoms with Crippen molar-refractivity contribution in [3.63, 3.8) is 0 Å². The highest BCUT2D eigenvalue weighted by atomic mass is 79.9. The van der Waals surface area contributed by atoms with Gasteiger partial charge in [-0.05, 0) is 34.1 Å². The fourth-order valence-corrected chi connectivity index (χ4v) is 2.53. The molecule has 22 heavy (non-hydrogen) atoms. The molecule has 110 valence electrons. The average Bonchev–Trinajstić information content (AvgIpc) is 2.51. The van der Waals surface area contributed by atoms with E-state index in [-0.39, 0.29) is 0 Å². The van der Waals surface area contributed by atoms with Crippen LogP contribution in [0.3, 0.4) is 0 Å². The molecule has 6 heteroatoms. The summed E-state index contributed by atoms with van der Waals surface area (Å²) in [6.45, 7) is 0. The molecule has 0 spiro atoms. The van der Waals surface area contributed by atoms with E-state index in [1.54, 1.807) is 6.07 Å². The van der Waals surface area contributed by atoms with E-state index in [1.165, 1.54) is 0 Å². The molecule has 3 nitrogen and oxygen atoms in total. The van der Waals surface area contributed by atoms with Crippen molar-refractivity contribution in [2.75, 3.05) is 5.32 Å². The quantitative estimate of drug-likeness (QED) is 0.557. The largest absolute Gasteiger partial charge is 0.340 e. The summed E-state index contributed by atoms with van der Waals surface area (Å²) in [5.74, 6) is 1.18. The van der Waals surface area contributed by atoms with Gasteiger partial charge in [-0.1, -0.05) is 53.5 Å². The fraction of sp³-hybridized carbons (Fsp3) is 0. The smallest absolute Gasteiger partial charge is 0.163 e. The molecule has 1 N–H and O–H groups in total. The molecular formula is C16H10BrCl2N3. The average molecular weight is 395 g/mol. The van der Waals surface area contributed by atoms with Gasteiger partial charge in [-0.2, -0.15) is 0 Å². The number of hydrogen-bond donors (Lipinski definition) is 1. The number of aromatic nitrogens is 2. The molecule has 0 aliphatic heterocycles. The van der Waals surface area contributed by atoms with Gasteiger partial charge >= 0.3 is 0 Å². The van der Waals surface area contributed by atoms with Crippen molar-refractivity contribution in [1.82, 2.24) is 9.97 Å². The van der Waals surface area contributed by atoms with Crippen LogP contribution >= 0.6 is 39.1 Å². The predicted octanol–water partition coefficient (Wildman–Crippen LogP) is 5.96. The summed E-state index contributed by atoms with van der Waals surface area (Å²) in [5, 5.41) is 4.18. The summed E-state index contributed by atoms with van der Waals surface area (Å²) in [6.07, 6.45) is 0. The number of nitrogens with zero attached hydrogens (tertiary/aromatic N) is 2. The molecule has 0 aliphatic carbocycles. The topological polar surface area (TPSA) is 37.8 Å². The van der Waals surface area contributed by atoms with E-state index in [0.717, 1.165) is 15.7 Å². The van der Waals surface area contributed by atoms with Crippen LogP contribution in [0.25, 0.3) is 11.4 Å². The Bertz CT molecular complexity index is 810. The highest BCUT2D eigenvalue weighted by Crippen LogP contribution is 2.28. The second kappa shape index (κ2) is 6.65. The van der Waals surface area contributed by atoms with E-state index >= 15 is 0 Å². The minimum absolute atomic E-state index is 0.375. The van der Waals surface area contributed by atoms with Crippen LogP contribution in [0.2, 0.25) is 10.2 Å². The maximum absolute atomic E-state index is 6.10. The van der Waals surface area contributed by atoms with Gasteiger partial charge < -0.3 is 5.32 Å². The first-order chi connectivity index (χ1) is 10.6. The molecule has 0 unspecified atom stereocenters. The van der Waals surface area contributed by atoms with Gasteiger partial charge in [-0.3, -0.25) is 0 Å². The van der Waals surface area contributed by atoms with Gasteiger partial charge in [0, 0.05) is 21.8 Å². The van der Waals surface area contributed by atoms with Crippen molar-refractivity contribution in [3.8, 4) is 11.4 Å². The van der Waals surface area contributed by atoms with E-state index in [4.69, 9.17) is 23.2 Å². The minimum atomic E-state index is 0.375. The van der Waals surface area contributed by atoms with Gasteiger partial charge in [0.1, 0.15) is 11.0 Å². The Morgan fingerprint density at radius 3 is 2.41 bits per heavy atom. The summed E-state index contributed by atoms with van der Waals surface area (Å²) in [5.41, 5.74) is 1.73. The van der Waals surface area contributed by atoms with Gasteiger partial charge in [-0.25, -0.2) is 9.97 Å². The first kappa shape index (κ1) is 15.3. The molecule has 1 aromatic heterocycles. The third-order valence-electron chi connectivity index (χ3n) is 2.92.